The van der Waals surface area contributed by atoms with Crippen molar-refractivity contribution in [3.8, 4) is 0 Å². The second-order valence-corrected chi connectivity index (χ2v) is 4.68. The molecule has 0 aromatic heterocycles. The Kier molecular flexibility index (Phi) is 4.67. The minimum absolute atomic E-state index is 0.0836. The first kappa shape index (κ1) is 16.2. The molecule has 1 saturated heterocycles. The number of carbonyl (C=O) groups excluding carboxylic acids is 2. The molecule has 1 aliphatic heterocycles. The number of primary amides is 1. The van der Waals surface area contributed by atoms with Gasteiger partial charge in [-0.1, -0.05) is 0 Å². The van der Waals surface area contributed by atoms with Gasteiger partial charge in [0.15, 0.2) is 0 Å². The van der Waals surface area contributed by atoms with Crippen LogP contribution in [0.4, 0.5) is 18.9 Å². The van der Waals surface area contributed by atoms with Crippen LogP contribution in [0.3, 0.4) is 0 Å². The van der Waals surface area contributed by atoms with Gasteiger partial charge in [-0.3, -0.25) is 9.59 Å². The van der Waals surface area contributed by atoms with E-state index in [1.807, 2.05) is 0 Å². The molecule has 1 heterocycles. The topological polar surface area (TPSA) is 93.5 Å². The summed E-state index contributed by atoms with van der Waals surface area (Å²) in [5.74, 6) is -1.63. The van der Waals surface area contributed by atoms with Crippen LogP contribution >= 0.6 is 0 Å². The van der Waals surface area contributed by atoms with E-state index in [-0.39, 0.29) is 12.2 Å². The van der Waals surface area contributed by atoms with Gasteiger partial charge >= 0.3 is 6.18 Å². The van der Waals surface area contributed by atoms with E-state index in [2.05, 4.69) is 10.6 Å². The summed E-state index contributed by atoms with van der Waals surface area (Å²) < 4.78 is 43.2. The van der Waals surface area contributed by atoms with E-state index in [0.717, 1.165) is 12.1 Å². The van der Waals surface area contributed by atoms with Crippen molar-refractivity contribution in [3.05, 3.63) is 29.3 Å². The SMILES string of the molecule is NC(=O)c1cc(C(F)(F)F)ccc1NC(=O)C1CNCCO1. The Morgan fingerprint density at radius 3 is 2.64 bits per heavy atom. The van der Waals surface area contributed by atoms with Gasteiger partial charge in [0, 0.05) is 13.1 Å². The Morgan fingerprint density at radius 2 is 2.09 bits per heavy atom. The molecule has 1 aliphatic rings. The normalized spacial score (nSPS) is 18.8. The molecule has 1 fully saturated rings. The maximum Gasteiger partial charge on any atom is 0.416 e. The molecule has 1 aromatic rings. The lowest BCUT2D eigenvalue weighted by Crippen LogP contribution is -2.45. The molecule has 0 aliphatic carbocycles. The van der Waals surface area contributed by atoms with Crippen molar-refractivity contribution in [1.82, 2.24) is 5.32 Å². The van der Waals surface area contributed by atoms with E-state index in [1.54, 1.807) is 0 Å². The van der Waals surface area contributed by atoms with Gasteiger partial charge in [0.25, 0.3) is 11.8 Å². The summed E-state index contributed by atoms with van der Waals surface area (Å²) in [5.41, 5.74) is 3.57. The van der Waals surface area contributed by atoms with Crippen LogP contribution < -0.4 is 16.4 Å². The van der Waals surface area contributed by atoms with Crippen LogP contribution in [0.2, 0.25) is 0 Å². The predicted molar refractivity (Wildman–Crippen MR) is 71.2 cm³/mol. The molecule has 1 unspecified atom stereocenters. The third-order valence-corrected chi connectivity index (χ3v) is 3.09. The fourth-order valence-electron chi connectivity index (χ4n) is 1.98. The number of benzene rings is 1. The second-order valence-electron chi connectivity index (χ2n) is 4.68. The third-order valence-electron chi connectivity index (χ3n) is 3.09. The summed E-state index contributed by atoms with van der Waals surface area (Å²) in [6, 6.07) is 2.37. The minimum Gasteiger partial charge on any atom is -0.366 e. The number of nitrogens with one attached hydrogen (secondary N) is 2. The number of nitrogens with two attached hydrogens (primary N) is 1. The van der Waals surface area contributed by atoms with Crippen molar-refractivity contribution < 1.29 is 27.5 Å². The number of anilines is 1. The van der Waals surface area contributed by atoms with Gasteiger partial charge in [-0.15, -0.1) is 0 Å². The molecule has 6 nitrogen and oxygen atoms in total. The first-order valence-corrected chi connectivity index (χ1v) is 6.43. The molecule has 0 bridgehead atoms. The number of amides is 2. The highest BCUT2D eigenvalue weighted by Crippen LogP contribution is 2.31. The first-order valence-electron chi connectivity index (χ1n) is 6.43. The summed E-state index contributed by atoms with van der Waals surface area (Å²) >= 11 is 0. The maximum absolute atomic E-state index is 12.6. The van der Waals surface area contributed by atoms with E-state index in [0.29, 0.717) is 19.2 Å². The molecular formula is C13H14F3N3O3. The molecule has 9 heteroatoms. The number of morpholine rings is 1. The van der Waals surface area contributed by atoms with Gasteiger partial charge in [-0.2, -0.15) is 13.2 Å². The zero-order chi connectivity index (χ0) is 16.3. The van der Waals surface area contributed by atoms with E-state index in [4.69, 9.17) is 10.5 Å². The smallest absolute Gasteiger partial charge is 0.366 e. The van der Waals surface area contributed by atoms with E-state index >= 15 is 0 Å². The summed E-state index contributed by atoms with van der Waals surface area (Å²) in [7, 11) is 0. The Balaban J connectivity index is 2.23. The van der Waals surface area contributed by atoms with Crippen molar-refractivity contribution in [1.29, 1.82) is 0 Å². The number of rotatable bonds is 3. The molecule has 2 rings (SSSR count). The van der Waals surface area contributed by atoms with Gasteiger partial charge in [0.05, 0.1) is 23.4 Å². The summed E-state index contributed by atoms with van der Waals surface area (Å²) in [5, 5.41) is 5.31. The summed E-state index contributed by atoms with van der Waals surface area (Å²) in [6.07, 6.45) is -5.39. The molecule has 0 spiro atoms. The largest absolute Gasteiger partial charge is 0.416 e. The Labute approximate surface area is 123 Å². The van der Waals surface area contributed by atoms with Crippen LogP contribution in [0.25, 0.3) is 0 Å². The van der Waals surface area contributed by atoms with E-state index in [1.165, 1.54) is 0 Å². The Hall–Kier alpha value is -2.13. The third kappa shape index (κ3) is 3.74. The van der Waals surface area contributed by atoms with Crippen molar-refractivity contribution in [3.63, 3.8) is 0 Å². The van der Waals surface area contributed by atoms with Crippen molar-refractivity contribution in [2.75, 3.05) is 25.0 Å². The Morgan fingerprint density at radius 1 is 1.36 bits per heavy atom. The van der Waals surface area contributed by atoms with Crippen LogP contribution in [-0.2, 0) is 15.7 Å². The molecule has 120 valence electrons. The molecule has 2 amide bonds. The van der Waals surface area contributed by atoms with E-state index in [9.17, 15) is 22.8 Å². The van der Waals surface area contributed by atoms with Crippen molar-refractivity contribution in [2.45, 2.75) is 12.3 Å². The van der Waals surface area contributed by atoms with Crippen molar-refractivity contribution >= 4 is 17.5 Å². The monoisotopic (exact) mass is 317 g/mol. The highest BCUT2D eigenvalue weighted by Gasteiger charge is 2.32. The zero-order valence-corrected chi connectivity index (χ0v) is 11.4. The summed E-state index contributed by atoms with van der Waals surface area (Å²) in [4.78, 5) is 23.3. The summed E-state index contributed by atoms with van der Waals surface area (Å²) in [6.45, 7) is 1.22. The number of hydrogen-bond donors (Lipinski definition) is 3. The van der Waals surface area contributed by atoms with Crippen molar-refractivity contribution in [2.24, 2.45) is 5.73 Å². The second kappa shape index (κ2) is 6.32. The predicted octanol–water partition coefficient (Wildman–Crippen LogP) is 0.731. The van der Waals surface area contributed by atoms with Gasteiger partial charge in [0.2, 0.25) is 0 Å². The van der Waals surface area contributed by atoms with Crippen LogP contribution in [-0.4, -0.2) is 37.6 Å². The highest BCUT2D eigenvalue weighted by atomic mass is 19.4. The molecule has 1 aromatic carbocycles. The fourth-order valence-corrected chi connectivity index (χ4v) is 1.98. The lowest BCUT2D eigenvalue weighted by atomic mass is 10.1. The van der Waals surface area contributed by atoms with Crippen LogP contribution in [0.5, 0.6) is 0 Å². The van der Waals surface area contributed by atoms with Crippen LogP contribution in [0.15, 0.2) is 18.2 Å². The average molecular weight is 317 g/mol. The maximum atomic E-state index is 12.6. The average Bonchev–Trinajstić information content (AvgIpc) is 2.47. The number of ether oxygens (including phenoxy) is 1. The fraction of sp³-hybridized carbons (Fsp3) is 0.385. The standard InChI is InChI=1S/C13H14F3N3O3/c14-13(15,16)7-1-2-9(8(5-7)11(17)20)19-12(21)10-6-18-3-4-22-10/h1-2,5,10,18H,3-4,6H2,(H2,17,20)(H,19,21). The molecular weight excluding hydrogens is 303 g/mol. The first-order chi connectivity index (χ1) is 10.3. The van der Waals surface area contributed by atoms with Crippen LogP contribution in [0.1, 0.15) is 15.9 Å². The molecule has 0 radical (unpaired) electrons. The number of halogens is 3. The molecule has 0 saturated carbocycles. The van der Waals surface area contributed by atoms with Gasteiger partial charge in [0.1, 0.15) is 6.10 Å². The molecule has 22 heavy (non-hydrogen) atoms. The lowest BCUT2D eigenvalue weighted by Gasteiger charge is -2.23. The van der Waals surface area contributed by atoms with Gasteiger partial charge < -0.3 is 21.1 Å². The highest BCUT2D eigenvalue weighted by molar-refractivity contribution is 6.04. The molecule has 4 N–H and O–H groups in total. The lowest BCUT2D eigenvalue weighted by molar-refractivity contribution is -0.137. The zero-order valence-electron chi connectivity index (χ0n) is 11.4. The quantitative estimate of drug-likeness (QED) is 0.766. The Bertz CT molecular complexity index is 584. The number of carbonyl (C=O) groups is 2. The molecule has 1 atom stereocenters. The van der Waals surface area contributed by atoms with Crippen LogP contribution in [0, 0.1) is 0 Å². The van der Waals surface area contributed by atoms with Gasteiger partial charge in [-0.05, 0) is 18.2 Å². The number of alkyl halides is 3. The number of hydrogen-bond acceptors (Lipinski definition) is 4. The van der Waals surface area contributed by atoms with E-state index < -0.39 is 35.2 Å². The van der Waals surface area contributed by atoms with Gasteiger partial charge in [-0.25, -0.2) is 0 Å². The minimum atomic E-state index is -4.61.